The Kier molecular flexibility index (Phi) is 4.29. The van der Waals surface area contributed by atoms with Crippen molar-refractivity contribution in [1.82, 2.24) is 4.98 Å². The molecule has 0 radical (unpaired) electrons. The Labute approximate surface area is 138 Å². The van der Waals surface area contributed by atoms with Crippen LogP contribution in [0.2, 0.25) is 0 Å². The third-order valence-electron chi connectivity index (χ3n) is 3.56. The summed E-state index contributed by atoms with van der Waals surface area (Å²) in [5, 5.41) is 5.26. The van der Waals surface area contributed by atoms with Crippen LogP contribution in [0.15, 0.2) is 23.6 Å². The zero-order valence-corrected chi connectivity index (χ0v) is 13.8. The molecule has 0 saturated carbocycles. The summed E-state index contributed by atoms with van der Waals surface area (Å²) >= 11 is 1.40. The average molecular weight is 331 g/mol. The van der Waals surface area contributed by atoms with Crippen molar-refractivity contribution in [3.8, 4) is 5.75 Å². The highest BCUT2D eigenvalue weighted by Crippen LogP contribution is 2.31. The zero-order chi connectivity index (χ0) is 16.4. The van der Waals surface area contributed by atoms with E-state index in [2.05, 4.69) is 10.3 Å². The molecule has 23 heavy (non-hydrogen) atoms. The maximum atomic E-state index is 12.1. The van der Waals surface area contributed by atoms with Gasteiger partial charge in [-0.15, -0.1) is 11.3 Å². The van der Waals surface area contributed by atoms with Gasteiger partial charge in [-0.1, -0.05) is 6.07 Å². The number of nitrogens with zero attached hydrogens (tertiary/aromatic N) is 2. The molecule has 0 bridgehead atoms. The second kappa shape index (κ2) is 6.37. The number of aromatic nitrogens is 1. The maximum Gasteiger partial charge on any atom is 0.230 e. The minimum absolute atomic E-state index is 0.00334. The van der Waals surface area contributed by atoms with E-state index in [9.17, 15) is 9.59 Å². The monoisotopic (exact) mass is 331 g/mol. The van der Waals surface area contributed by atoms with Crippen molar-refractivity contribution in [1.29, 1.82) is 0 Å². The third-order valence-corrected chi connectivity index (χ3v) is 4.44. The fraction of sp³-hybridized carbons (Fsp3) is 0.312. The van der Waals surface area contributed by atoms with Crippen LogP contribution in [0.3, 0.4) is 0 Å². The molecule has 120 valence electrons. The molecule has 6 nitrogen and oxygen atoms in total. The molecule has 0 spiro atoms. The highest BCUT2D eigenvalue weighted by atomic mass is 32.1. The number of fused-ring (bicyclic) bond motifs is 1. The standard InChI is InChI=1S/C16H17N3O3S/c1-10-9-23-16(17-10)18-14(20)8-11-3-4-13-12(7-11)19(2)15(21)5-6-22-13/h3-4,7,9H,5-6,8H2,1-2H3,(H,17,18,20). The topological polar surface area (TPSA) is 71.5 Å². The van der Waals surface area contributed by atoms with Gasteiger partial charge in [0.2, 0.25) is 11.8 Å². The quantitative estimate of drug-likeness (QED) is 0.937. The lowest BCUT2D eigenvalue weighted by atomic mass is 10.1. The highest BCUT2D eigenvalue weighted by Gasteiger charge is 2.20. The molecule has 0 atom stereocenters. The van der Waals surface area contributed by atoms with Gasteiger partial charge in [0.15, 0.2) is 5.13 Å². The van der Waals surface area contributed by atoms with E-state index in [1.807, 2.05) is 24.4 Å². The van der Waals surface area contributed by atoms with E-state index in [1.165, 1.54) is 11.3 Å². The highest BCUT2D eigenvalue weighted by molar-refractivity contribution is 7.13. The van der Waals surface area contributed by atoms with Crippen LogP contribution < -0.4 is 15.0 Å². The predicted molar refractivity (Wildman–Crippen MR) is 89.1 cm³/mol. The first-order valence-corrected chi connectivity index (χ1v) is 8.15. The Balaban J connectivity index is 1.75. The number of benzene rings is 1. The number of amides is 2. The van der Waals surface area contributed by atoms with Gasteiger partial charge in [-0.05, 0) is 24.6 Å². The summed E-state index contributed by atoms with van der Waals surface area (Å²) in [6, 6.07) is 5.47. The number of ether oxygens (including phenoxy) is 1. The molecule has 1 aliphatic rings. The second-order valence-corrected chi connectivity index (χ2v) is 6.23. The molecule has 7 heteroatoms. The van der Waals surface area contributed by atoms with Crippen molar-refractivity contribution in [2.75, 3.05) is 23.9 Å². The minimum Gasteiger partial charge on any atom is -0.491 e. The van der Waals surface area contributed by atoms with Gasteiger partial charge < -0.3 is 15.0 Å². The molecular weight excluding hydrogens is 314 g/mol. The van der Waals surface area contributed by atoms with Crippen LogP contribution in [0.5, 0.6) is 5.75 Å². The van der Waals surface area contributed by atoms with E-state index in [1.54, 1.807) is 18.0 Å². The summed E-state index contributed by atoms with van der Waals surface area (Å²) in [7, 11) is 1.72. The first kappa shape index (κ1) is 15.5. The molecule has 2 amide bonds. The molecule has 0 saturated heterocycles. The smallest absolute Gasteiger partial charge is 0.230 e. The fourth-order valence-electron chi connectivity index (χ4n) is 2.37. The van der Waals surface area contributed by atoms with Gasteiger partial charge >= 0.3 is 0 Å². The predicted octanol–water partition coefficient (Wildman–Crippen LogP) is 2.38. The molecule has 1 N–H and O–H groups in total. The van der Waals surface area contributed by atoms with Gasteiger partial charge in [0.05, 0.1) is 30.8 Å². The molecule has 1 aliphatic heterocycles. The van der Waals surface area contributed by atoms with Crippen molar-refractivity contribution in [2.24, 2.45) is 0 Å². The summed E-state index contributed by atoms with van der Waals surface area (Å²) in [6.45, 7) is 2.25. The fourth-order valence-corrected chi connectivity index (χ4v) is 3.07. The summed E-state index contributed by atoms with van der Waals surface area (Å²) in [6.07, 6.45) is 0.568. The Hall–Kier alpha value is -2.41. The number of hydrogen-bond acceptors (Lipinski definition) is 5. The number of aryl methyl sites for hydroxylation is 1. The summed E-state index contributed by atoms with van der Waals surface area (Å²) < 4.78 is 5.58. The first-order chi connectivity index (χ1) is 11.0. The van der Waals surface area contributed by atoms with E-state index in [0.717, 1.165) is 11.3 Å². The second-order valence-electron chi connectivity index (χ2n) is 5.37. The Morgan fingerprint density at radius 3 is 3.04 bits per heavy atom. The molecule has 0 aliphatic carbocycles. The number of thiazole rings is 1. The largest absolute Gasteiger partial charge is 0.491 e. The van der Waals surface area contributed by atoms with Crippen LogP contribution >= 0.6 is 11.3 Å². The molecule has 1 aromatic carbocycles. The minimum atomic E-state index is -0.136. The summed E-state index contributed by atoms with van der Waals surface area (Å²) in [5.41, 5.74) is 2.40. The number of carbonyl (C=O) groups is 2. The summed E-state index contributed by atoms with van der Waals surface area (Å²) in [5.74, 6) is 0.532. The van der Waals surface area contributed by atoms with Gasteiger partial charge in [0, 0.05) is 12.4 Å². The average Bonchev–Trinajstić information content (AvgIpc) is 2.86. The summed E-state index contributed by atoms with van der Waals surface area (Å²) in [4.78, 5) is 29.8. The molecule has 2 heterocycles. The van der Waals surface area contributed by atoms with Crippen molar-refractivity contribution >= 4 is 34.0 Å². The van der Waals surface area contributed by atoms with Gasteiger partial charge in [0.25, 0.3) is 0 Å². The number of hydrogen-bond donors (Lipinski definition) is 1. The van der Waals surface area contributed by atoms with E-state index in [-0.39, 0.29) is 18.2 Å². The molecular formula is C16H17N3O3S. The van der Waals surface area contributed by atoms with Gasteiger partial charge in [-0.25, -0.2) is 4.98 Å². The Morgan fingerprint density at radius 2 is 2.30 bits per heavy atom. The van der Waals surface area contributed by atoms with Crippen molar-refractivity contribution in [3.63, 3.8) is 0 Å². The van der Waals surface area contributed by atoms with Crippen LogP contribution in [-0.2, 0) is 16.0 Å². The van der Waals surface area contributed by atoms with E-state index < -0.39 is 0 Å². The van der Waals surface area contributed by atoms with Crippen molar-refractivity contribution in [2.45, 2.75) is 19.8 Å². The number of rotatable bonds is 3. The van der Waals surface area contributed by atoms with Gasteiger partial charge in [-0.2, -0.15) is 0 Å². The van der Waals surface area contributed by atoms with E-state index in [0.29, 0.717) is 29.6 Å². The van der Waals surface area contributed by atoms with Crippen LogP contribution in [0.4, 0.5) is 10.8 Å². The van der Waals surface area contributed by atoms with Crippen LogP contribution in [-0.4, -0.2) is 30.5 Å². The Bertz CT molecular complexity index is 757. The van der Waals surface area contributed by atoms with Gasteiger partial charge in [0.1, 0.15) is 5.75 Å². The number of nitrogens with one attached hydrogen (secondary N) is 1. The van der Waals surface area contributed by atoms with Crippen molar-refractivity contribution in [3.05, 3.63) is 34.8 Å². The number of anilines is 2. The Morgan fingerprint density at radius 1 is 1.48 bits per heavy atom. The lowest BCUT2D eigenvalue weighted by Crippen LogP contribution is -2.25. The molecule has 0 fully saturated rings. The molecule has 2 aromatic rings. The lowest BCUT2D eigenvalue weighted by Gasteiger charge is -2.17. The van der Waals surface area contributed by atoms with E-state index >= 15 is 0 Å². The number of carbonyl (C=O) groups excluding carboxylic acids is 2. The zero-order valence-electron chi connectivity index (χ0n) is 13.0. The van der Waals surface area contributed by atoms with Gasteiger partial charge in [-0.3, -0.25) is 9.59 Å². The first-order valence-electron chi connectivity index (χ1n) is 7.27. The van der Waals surface area contributed by atoms with Crippen molar-refractivity contribution < 1.29 is 14.3 Å². The third kappa shape index (κ3) is 3.50. The molecule has 1 aromatic heterocycles. The lowest BCUT2D eigenvalue weighted by molar-refractivity contribution is -0.118. The van der Waals surface area contributed by atoms with Crippen LogP contribution in [0, 0.1) is 6.92 Å². The maximum absolute atomic E-state index is 12.1. The SMILES string of the molecule is Cc1csc(NC(=O)Cc2ccc3c(c2)N(C)C(=O)CCO3)n1. The molecule has 3 rings (SSSR count). The van der Waals surface area contributed by atoms with E-state index in [4.69, 9.17) is 4.74 Å². The normalized spacial score (nSPS) is 14.0. The molecule has 0 unspecified atom stereocenters. The van der Waals surface area contributed by atoms with Crippen LogP contribution in [0.1, 0.15) is 17.7 Å². The van der Waals surface area contributed by atoms with Crippen LogP contribution in [0.25, 0.3) is 0 Å².